The van der Waals surface area contributed by atoms with Gasteiger partial charge in [0.15, 0.2) is 0 Å². The zero-order valence-corrected chi connectivity index (χ0v) is 11.1. The number of amides is 1. The maximum atomic E-state index is 10.8. The summed E-state index contributed by atoms with van der Waals surface area (Å²) in [6.45, 7) is 0.525. The second-order valence-corrected chi connectivity index (χ2v) is 4.48. The third-order valence-electron chi connectivity index (χ3n) is 2.23. The summed E-state index contributed by atoms with van der Waals surface area (Å²) in [5, 5.41) is 13.8. The summed E-state index contributed by atoms with van der Waals surface area (Å²) in [5.41, 5.74) is 5.32. The third-order valence-corrected chi connectivity index (χ3v) is 2.83. The average molecular weight is 317 g/mol. The van der Waals surface area contributed by atoms with Crippen molar-refractivity contribution in [1.82, 2.24) is 4.98 Å². The number of pyridine rings is 1. The summed E-state index contributed by atoms with van der Waals surface area (Å²) < 4.78 is 0.534. The molecule has 8 heteroatoms. The minimum Gasteiger partial charge on any atom is -0.378 e. The summed E-state index contributed by atoms with van der Waals surface area (Å²) in [5.74, 6) is -0.342. The van der Waals surface area contributed by atoms with Crippen molar-refractivity contribution in [1.29, 1.82) is 0 Å². The summed E-state index contributed by atoms with van der Waals surface area (Å²) in [7, 11) is 0. The molecule has 1 aromatic heterocycles. The van der Waals surface area contributed by atoms with Crippen LogP contribution in [0, 0.1) is 10.1 Å². The van der Waals surface area contributed by atoms with Gasteiger partial charge in [0.25, 0.3) is 0 Å². The molecular formula is C10H13BrN4O3. The molecule has 1 rings (SSSR count). The second-order valence-electron chi connectivity index (χ2n) is 3.62. The molecule has 0 saturated heterocycles. The molecule has 7 nitrogen and oxygen atoms in total. The van der Waals surface area contributed by atoms with Crippen molar-refractivity contribution in [3.63, 3.8) is 0 Å². The first kappa shape index (κ1) is 14.4. The van der Waals surface area contributed by atoms with Gasteiger partial charge in [-0.2, -0.15) is 0 Å². The SMILES string of the molecule is NC(=O)CCCCNc1c(Br)cncc1[N+](=O)[O-]. The maximum absolute atomic E-state index is 10.8. The number of rotatable bonds is 7. The number of nitrogens with two attached hydrogens (primary N) is 1. The predicted octanol–water partition coefficient (Wildman–Crippen LogP) is 1.82. The molecule has 0 atom stereocenters. The van der Waals surface area contributed by atoms with Crippen LogP contribution in [0.1, 0.15) is 19.3 Å². The highest BCUT2D eigenvalue weighted by atomic mass is 79.9. The molecule has 0 unspecified atom stereocenters. The Morgan fingerprint density at radius 1 is 1.50 bits per heavy atom. The molecule has 0 fully saturated rings. The number of nitrogens with zero attached hydrogens (tertiary/aromatic N) is 2. The van der Waals surface area contributed by atoms with E-state index in [9.17, 15) is 14.9 Å². The molecular weight excluding hydrogens is 304 g/mol. The van der Waals surface area contributed by atoms with E-state index in [-0.39, 0.29) is 11.6 Å². The summed E-state index contributed by atoms with van der Waals surface area (Å²) in [6, 6.07) is 0. The molecule has 0 aliphatic rings. The highest BCUT2D eigenvalue weighted by molar-refractivity contribution is 9.10. The van der Waals surface area contributed by atoms with Crippen molar-refractivity contribution >= 4 is 33.2 Å². The smallest absolute Gasteiger partial charge is 0.311 e. The van der Waals surface area contributed by atoms with E-state index in [1.807, 2.05) is 0 Å². The lowest BCUT2D eigenvalue weighted by molar-refractivity contribution is -0.384. The predicted molar refractivity (Wildman–Crippen MR) is 70.1 cm³/mol. The molecule has 0 saturated carbocycles. The highest BCUT2D eigenvalue weighted by Crippen LogP contribution is 2.30. The fourth-order valence-electron chi connectivity index (χ4n) is 1.38. The van der Waals surface area contributed by atoms with Crippen LogP contribution in [0.5, 0.6) is 0 Å². The normalized spacial score (nSPS) is 10.1. The minimum atomic E-state index is -0.497. The molecule has 98 valence electrons. The van der Waals surface area contributed by atoms with Crippen molar-refractivity contribution in [3.8, 4) is 0 Å². The molecule has 3 N–H and O–H groups in total. The first-order valence-corrected chi connectivity index (χ1v) is 6.11. The Bertz CT molecular complexity index is 453. The highest BCUT2D eigenvalue weighted by Gasteiger charge is 2.16. The summed E-state index contributed by atoms with van der Waals surface area (Å²) >= 11 is 3.20. The van der Waals surface area contributed by atoms with Gasteiger partial charge in [0, 0.05) is 19.2 Å². The van der Waals surface area contributed by atoms with Gasteiger partial charge < -0.3 is 11.1 Å². The van der Waals surface area contributed by atoms with Crippen molar-refractivity contribution in [2.24, 2.45) is 5.73 Å². The Morgan fingerprint density at radius 3 is 2.83 bits per heavy atom. The monoisotopic (exact) mass is 316 g/mol. The number of aromatic nitrogens is 1. The Hall–Kier alpha value is -1.70. The third kappa shape index (κ3) is 4.28. The number of nitro groups is 1. The molecule has 0 bridgehead atoms. The van der Waals surface area contributed by atoms with Gasteiger partial charge in [-0.25, -0.2) is 0 Å². The fraction of sp³-hybridized carbons (Fsp3) is 0.400. The van der Waals surface area contributed by atoms with E-state index in [2.05, 4.69) is 26.2 Å². The van der Waals surface area contributed by atoms with Crippen LogP contribution < -0.4 is 11.1 Å². The molecule has 0 aromatic carbocycles. The van der Waals surface area contributed by atoms with Crippen molar-refractivity contribution < 1.29 is 9.72 Å². The summed E-state index contributed by atoms with van der Waals surface area (Å²) in [4.78, 5) is 24.6. The Labute approximate surface area is 112 Å². The summed E-state index contributed by atoms with van der Waals surface area (Å²) in [6.07, 6.45) is 4.35. The number of carbonyl (C=O) groups is 1. The number of unbranched alkanes of at least 4 members (excludes halogenated alkanes) is 1. The van der Waals surface area contributed by atoms with Crippen molar-refractivity contribution in [2.45, 2.75) is 19.3 Å². The quantitative estimate of drug-likeness (QED) is 0.452. The molecule has 1 amide bonds. The first-order chi connectivity index (χ1) is 8.52. The molecule has 0 aliphatic carbocycles. The zero-order valence-electron chi connectivity index (χ0n) is 9.56. The van der Waals surface area contributed by atoms with Crippen LogP contribution >= 0.6 is 15.9 Å². The molecule has 0 spiro atoms. The van der Waals surface area contributed by atoms with Gasteiger partial charge in [-0.1, -0.05) is 0 Å². The number of anilines is 1. The number of hydrogen-bond acceptors (Lipinski definition) is 5. The van der Waals surface area contributed by atoms with Gasteiger partial charge >= 0.3 is 5.69 Å². The standard InChI is InChI=1S/C10H13BrN4O3/c11-7-5-13-6-8(15(17)18)10(7)14-4-2-1-3-9(12)16/h5-6H,1-4H2,(H2,12,16)(H,13,14). The second kappa shape index (κ2) is 6.90. The molecule has 0 radical (unpaired) electrons. The van der Waals surface area contributed by atoms with E-state index in [1.54, 1.807) is 0 Å². The molecule has 0 aliphatic heterocycles. The lowest BCUT2D eigenvalue weighted by Gasteiger charge is -2.08. The van der Waals surface area contributed by atoms with Crippen molar-refractivity contribution in [3.05, 3.63) is 27.0 Å². The maximum Gasteiger partial charge on any atom is 0.311 e. The lowest BCUT2D eigenvalue weighted by Crippen LogP contribution is -2.11. The van der Waals surface area contributed by atoms with Gasteiger partial charge in [-0.15, -0.1) is 0 Å². The van der Waals surface area contributed by atoms with Crippen LogP contribution in [0.3, 0.4) is 0 Å². The average Bonchev–Trinajstić information content (AvgIpc) is 2.29. The Kier molecular flexibility index (Phi) is 5.50. The first-order valence-electron chi connectivity index (χ1n) is 5.32. The Morgan fingerprint density at radius 2 is 2.22 bits per heavy atom. The molecule has 18 heavy (non-hydrogen) atoms. The van der Waals surface area contributed by atoms with Crippen molar-refractivity contribution in [2.75, 3.05) is 11.9 Å². The molecule has 1 aromatic rings. The van der Waals surface area contributed by atoms with Gasteiger partial charge in [-0.05, 0) is 28.8 Å². The van der Waals surface area contributed by atoms with Crippen LogP contribution in [0.15, 0.2) is 16.9 Å². The lowest BCUT2D eigenvalue weighted by atomic mass is 10.2. The van der Waals surface area contributed by atoms with Gasteiger partial charge in [0.05, 0.1) is 9.40 Å². The van der Waals surface area contributed by atoms with E-state index in [0.29, 0.717) is 36.0 Å². The Balaban J connectivity index is 2.56. The van der Waals surface area contributed by atoms with Crippen LogP contribution in [-0.2, 0) is 4.79 Å². The van der Waals surface area contributed by atoms with E-state index in [0.717, 1.165) is 0 Å². The van der Waals surface area contributed by atoms with Gasteiger partial charge in [0.2, 0.25) is 5.91 Å². The fourth-order valence-corrected chi connectivity index (χ4v) is 1.84. The van der Waals surface area contributed by atoms with E-state index in [4.69, 9.17) is 5.73 Å². The van der Waals surface area contributed by atoms with Crippen LogP contribution in [0.25, 0.3) is 0 Å². The number of primary amides is 1. The van der Waals surface area contributed by atoms with E-state index >= 15 is 0 Å². The van der Waals surface area contributed by atoms with Gasteiger partial charge in [0.1, 0.15) is 11.9 Å². The van der Waals surface area contributed by atoms with Crippen LogP contribution in [-0.4, -0.2) is 22.4 Å². The largest absolute Gasteiger partial charge is 0.378 e. The zero-order chi connectivity index (χ0) is 13.5. The van der Waals surface area contributed by atoms with Crippen LogP contribution in [0.2, 0.25) is 0 Å². The van der Waals surface area contributed by atoms with Gasteiger partial charge in [-0.3, -0.25) is 19.9 Å². The number of hydrogen-bond donors (Lipinski definition) is 2. The number of nitrogens with one attached hydrogen (secondary N) is 1. The topological polar surface area (TPSA) is 111 Å². The van der Waals surface area contributed by atoms with E-state index in [1.165, 1.54) is 12.4 Å². The molecule has 1 heterocycles. The van der Waals surface area contributed by atoms with Crippen LogP contribution in [0.4, 0.5) is 11.4 Å². The van der Waals surface area contributed by atoms with E-state index < -0.39 is 4.92 Å². The minimum absolute atomic E-state index is 0.0840. The number of carbonyl (C=O) groups excluding carboxylic acids is 1. The number of halogens is 1.